The zero-order valence-electron chi connectivity index (χ0n) is 12.7. The summed E-state index contributed by atoms with van der Waals surface area (Å²) >= 11 is 11.7. The van der Waals surface area contributed by atoms with Gasteiger partial charge in [0.25, 0.3) is 5.91 Å². The molecule has 1 rings (SSSR count). The molecule has 1 aromatic carbocycles. The highest BCUT2D eigenvalue weighted by Gasteiger charge is 2.26. The van der Waals surface area contributed by atoms with Crippen molar-refractivity contribution in [2.24, 2.45) is 5.92 Å². The summed E-state index contributed by atoms with van der Waals surface area (Å²) in [5, 5.41) is 3.44. The largest absolute Gasteiger partial charge is 0.484 e. The van der Waals surface area contributed by atoms with E-state index in [-0.39, 0.29) is 12.5 Å². The molecule has 0 aliphatic carbocycles. The van der Waals surface area contributed by atoms with E-state index in [4.69, 9.17) is 32.7 Å². The first-order chi connectivity index (χ1) is 10.4. The van der Waals surface area contributed by atoms with Gasteiger partial charge in [-0.15, -0.1) is 0 Å². The third-order valence-electron chi connectivity index (χ3n) is 3.19. The smallest absolute Gasteiger partial charge is 0.328 e. The molecule has 0 aromatic heterocycles. The minimum Gasteiger partial charge on any atom is -0.484 e. The molecule has 5 nitrogen and oxygen atoms in total. The van der Waals surface area contributed by atoms with Crippen molar-refractivity contribution in [2.45, 2.75) is 26.3 Å². The van der Waals surface area contributed by atoms with Gasteiger partial charge in [0.2, 0.25) is 0 Å². The molecule has 0 aliphatic rings. The summed E-state index contributed by atoms with van der Waals surface area (Å²) < 4.78 is 10.0. The molecule has 0 bridgehead atoms. The predicted octanol–water partition coefficient (Wildman–Crippen LogP) is 3.08. The normalized spacial score (nSPS) is 13.1. The lowest BCUT2D eigenvalue weighted by Crippen LogP contribution is -2.47. The number of amides is 1. The Morgan fingerprint density at radius 1 is 1.23 bits per heavy atom. The average Bonchev–Trinajstić information content (AvgIpc) is 2.48. The van der Waals surface area contributed by atoms with Crippen LogP contribution in [0.25, 0.3) is 0 Å². The fourth-order valence-corrected chi connectivity index (χ4v) is 2.28. The molecule has 0 aliphatic heterocycles. The van der Waals surface area contributed by atoms with Crippen molar-refractivity contribution >= 4 is 35.1 Å². The maximum atomic E-state index is 11.9. The van der Waals surface area contributed by atoms with Crippen molar-refractivity contribution in [2.75, 3.05) is 13.7 Å². The Kier molecular flexibility index (Phi) is 7.48. The van der Waals surface area contributed by atoms with E-state index in [1.165, 1.54) is 7.11 Å². The van der Waals surface area contributed by atoms with Crippen LogP contribution in [-0.4, -0.2) is 31.6 Å². The van der Waals surface area contributed by atoms with Crippen LogP contribution in [0.3, 0.4) is 0 Å². The molecule has 0 spiro atoms. The van der Waals surface area contributed by atoms with E-state index >= 15 is 0 Å². The van der Waals surface area contributed by atoms with E-state index in [0.29, 0.717) is 15.8 Å². The van der Waals surface area contributed by atoms with Crippen LogP contribution in [-0.2, 0) is 14.3 Å². The van der Waals surface area contributed by atoms with Crippen molar-refractivity contribution in [3.63, 3.8) is 0 Å². The van der Waals surface area contributed by atoms with Gasteiger partial charge in [0, 0.05) is 10.0 Å². The monoisotopic (exact) mass is 347 g/mol. The van der Waals surface area contributed by atoms with Crippen molar-refractivity contribution in [3.05, 3.63) is 28.2 Å². The second-order valence-electron chi connectivity index (χ2n) is 4.85. The third-order valence-corrected chi connectivity index (χ3v) is 3.63. The number of nitrogens with one attached hydrogen (secondary N) is 1. The second-order valence-corrected chi connectivity index (χ2v) is 5.72. The Bertz CT molecular complexity index is 516. The molecule has 0 heterocycles. The highest BCUT2D eigenvalue weighted by atomic mass is 35.5. The number of hydrogen-bond donors (Lipinski definition) is 1. The van der Waals surface area contributed by atoms with E-state index in [2.05, 4.69) is 5.32 Å². The van der Waals surface area contributed by atoms with Gasteiger partial charge < -0.3 is 14.8 Å². The lowest BCUT2D eigenvalue weighted by molar-refractivity contribution is -0.146. The maximum Gasteiger partial charge on any atom is 0.328 e. The quantitative estimate of drug-likeness (QED) is 0.769. The van der Waals surface area contributed by atoms with Crippen molar-refractivity contribution in [1.29, 1.82) is 0 Å². The predicted molar refractivity (Wildman–Crippen MR) is 85.4 cm³/mol. The van der Waals surface area contributed by atoms with E-state index in [9.17, 15) is 9.59 Å². The number of esters is 1. The van der Waals surface area contributed by atoms with Crippen LogP contribution in [0.2, 0.25) is 10.0 Å². The fourth-order valence-electron chi connectivity index (χ4n) is 1.77. The van der Waals surface area contributed by atoms with E-state index in [1.54, 1.807) is 18.2 Å². The molecular formula is C15H19Cl2NO4. The van der Waals surface area contributed by atoms with E-state index < -0.39 is 17.9 Å². The van der Waals surface area contributed by atoms with Gasteiger partial charge in [0.1, 0.15) is 11.8 Å². The number of hydrogen-bond acceptors (Lipinski definition) is 4. The van der Waals surface area contributed by atoms with Gasteiger partial charge in [0.05, 0.1) is 7.11 Å². The molecule has 0 radical (unpaired) electrons. The lowest BCUT2D eigenvalue weighted by atomic mass is 9.99. The number of rotatable bonds is 7. The molecule has 1 aromatic rings. The number of carbonyl (C=O) groups is 2. The summed E-state index contributed by atoms with van der Waals surface area (Å²) in [6, 6.07) is 3.96. The number of benzene rings is 1. The van der Waals surface area contributed by atoms with Gasteiger partial charge >= 0.3 is 5.97 Å². The topological polar surface area (TPSA) is 64.6 Å². The van der Waals surface area contributed by atoms with Gasteiger partial charge in [-0.3, -0.25) is 4.79 Å². The van der Waals surface area contributed by atoms with Crippen molar-refractivity contribution < 1.29 is 19.1 Å². The summed E-state index contributed by atoms with van der Waals surface area (Å²) in [4.78, 5) is 23.6. The van der Waals surface area contributed by atoms with Crippen LogP contribution in [0, 0.1) is 5.92 Å². The van der Waals surface area contributed by atoms with Gasteiger partial charge in [-0.25, -0.2) is 4.79 Å². The number of halogens is 2. The maximum absolute atomic E-state index is 11.9. The first-order valence-corrected chi connectivity index (χ1v) is 7.59. The Morgan fingerprint density at radius 3 is 2.32 bits per heavy atom. The SMILES string of the molecule is CC[C@H](C)[C@H](NC(=O)COc1cc(Cl)cc(Cl)c1)C(=O)OC. The number of methoxy groups -OCH3 is 1. The molecule has 2 atom stereocenters. The molecule has 22 heavy (non-hydrogen) atoms. The molecule has 1 N–H and O–H groups in total. The summed E-state index contributed by atoms with van der Waals surface area (Å²) in [6.07, 6.45) is 0.727. The summed E-state index contributed by atoms with van der Waals surface area (Å²) in [6.45, 7) is 3.54. The van der Waals surface area contributed by atoms with Gasteiger partial charge in [-0.1, -0.05) is 43.5 Å². The molecule has 0 saturated heterocycles. The van der Waals surface area contributed by atoms with Gasteiger partial charge in [0.15, 0.2) is 6.61 Å². The highest BCUT2D eigenvalue weighted by molar-refractivity contribution is 6.34. The van der Waals surface area contributed by atoms with Crippen LogP contribution >= 0.6 is 23.2 Å². The minimum atomic E-state index is -0.700. The Hall–Kier alpha value is -1.46. The van der Waals surface area contributed by atoms with Crippen molar-refractivity contribution in [3.8, 4) is 5.75 Å². The van der Waals surface area contributed by atoms with Gasteiger partial charge in [-0.2, -0.15) is 0 Å². The highest BCUT2D eigenvalue weighted by Crippen LogP contribution is 2.24. The third kappa shape index (κ3) is 5.73. The second kappa shape index (κ2) is 8.86. The number of carbonyl (C=O) groups excluding carboxylic acids is 2. The minimum absolute atomic E-state index is 0.0444. The van der Waals surface area contributed by atoms with E-state index in [0.717, 1.165) is 6.42 Å². The Morgan fingerprint density at radius 2 is 1.82 bits per heavy atom. The molecular weight excluding hydrogens is 329 g/mol. The molecule has 7 heteroatoms. The van der Waals surface area contributed by atoms with Gasteiger partial charge in [-0.05, 0) is 24.1 Å². The van der Waals surface area contributed by atoms with Crippen LogP contribution in [0.15, 0.2) is 18.2 Å². The molecule has 0 saturated carbocycles. The molecule has 1 amide bonds. The fraction of sp³-hybridized carbons (Fsp3) is 0.467. The van der Waals surface area contributed by atoms with Crippen LogP contribution in [0.4, 0.5) is 0 Å². The van der Waals surface area contributed by atoms with E-state index in [1.807, 2.05) is 13.8 Å². The first-order valence-electron chi connectivity index (χ1n) is 6.83. The van der Waals surface area contributed by atoms with Crippen LogP contribution in [0.1, 0.15) is 20.3 Å². The summed E-state index contributed by atoms with van der Waals surface area (Å²) in [7, 11) is 1.29. The Labute approximate surface area is 139 Å². The average molecular weight is 348 g/mol. The molecule has 122 valence electrons. The van der Waals surface area contributed by atoms with Crippen LogP contribution in [0.5, 0.6) is 5.75 Å². The number of ether oxygens (including phenoxy) is 2. The Balaban J connectivity index is 2.62. The van der Waals surface area contributed by atoms with Crippen molar-refractivity contribution in [1.82, 2.24) is 5.32 Å². The summed E-state index contributed by atoms with van der Waals surface area (Å²) in [5.41, 5.74) is 0. The zero-order valence-corrected chi connectivity index (χ0v) is 14.2. The zero-order chi connectivity index (χ0) is 16.7. The molecule has 0 unspecified atom stereocenters. The summed E-state index contributed by atoms with van der Waals surface area (Å²) in [5.74, 6) is -0.567. The first kappa shape index (κ1) is 18.6. The lowest BCUT2D eigenvalue weighted by Gasteiger charge is -2.21. The molecule has 0 fully saturated rings. The van der Waals surface area contributed by atoms with Crippen LogP contribution < -0.4 is 10.1 Å². The standard InChI is InChI=1S/C15H19Cl2NO4/c1-4-9(2)14(15(20)21-3)18-13(19)8-22-12-6-10(16)5-11(17)7-12/h5-7,9,14H,4,8H2,1-3H3,(H,18,19)/t9-,14-/m0/s1.